The molecule has 4 nitrogen and oxygen atoms in total. The Morgan fingerprint density at radius 2 is 1.94 bits per heavy atom. The van der Waals surface area contributed by atoms with E-state index in [0.717, 1.165) is 32.5 Å². The van der Waals surface area contributed by atoms with Crippen molar-refractivity contribution in [1.29, 1.82) is 0 Å². The van der Waals surface area contributed by atoms with Gasteiger partial charge in [0.1, 0.15) is 5.60 Å². The van der Waals surface area contributed by atoms with Crippen LogP contribution < -0.4 is 5.32 Å². The van der Waals surface area contributed by atoms with Crippen molar-refractivity contribution in [1.82, 2.24) is 10.2 Å². The molecule has 1 rings (SSSR count). The van der Waals surface area contributed by atoms with Crippen LogP contribution in [0.1, 0.15) is 40.5 Å². The van der Waals surface area contributed by atoms with Gasteiger partial charge < -0.3 is 15.0 Å². The zero-order valence-electron chi connectivity index (χ0n) is 10.9. The van der Waals surface area contributed by atoms with Crippen molar-refractivity contribution in [3.63, 3.8) is 0 Å². The van der Waals surface area contributed by atoms with Crippen molar-refractivity contribution >= 4 is 6.09 Å². The van der Waals surface area contributed by atoms with E-state index in [1.165, 1.54) is 0 Å². The quantitative estimate of drug-likeness (QED) is 0.786. The molecule has 1 saturated heterocycles. The minimum absolute atomic E-state index is 0.276. The predicted octanol–water partition coefficient (Wildman–Crippen LogP) is 2.00. The molecule has 1 heterocycles. The van der Waals surface area contributed by atoms with Crippen LogP contribution in [0.5, 0.6) is 0 Å². The molecule has 0 aromatic rings. The van der Waals surface area contributed by atoms with E-state index in [1.54, 1.807) is 0 Å². The highest BCUT2D eigenvalue weighted by molar-refractivity contribution is 5.68. The molecule has 0 radical (unpaired) electrons. The second-order valence-corrected chi connectivity index (χ2v) is 5.35. The Morgan fingerprint density at radius 3 is 2.38 bits per heavy atom. The molecule has 16 heavy (non-hydrogen) atoms. The monoisotopic (exact) mass is 228 g/mol. The molecule has 0 atom stereocenters. The number of likely N-dealkylation sites (tertiary alicyclic amines) is 1. The summed E-state index contributed by atoms with van der Waals surface area (Å²) >= 11 is 0. The average Bonchev–Trinajstić information content (AvgIpc) is 2.16. The number of rotatable bonds is 2. The van der Waals surface area contributed by atoms with E-state index < -0.39 is 5.60 Å². The molecular weight excluding hydrogens is 204 g/mol. The Hall–Kier alpha value is -0.770. The average molecular weight is 228 g/mol. The molecule has 1 aliphatic rings. The highest BCUT2D eigenvalue weighted by atomic mass is 16.6. The Balaban J connectivity index is 2.26. The number of nitrogens with one attached hydrogen (secondary N) is 1. The van der Waals surface area contributed by atoms with Crippen LogP contribution >= 0.6 is 0 Å². The van der Waals surface area contributed by atoms with E-state index in [9.17, 15) is 4.79 Å². The standard InChI is InChI=1S/C12H24N2O2/c1-5-14-8-6-10(7-9-14)13-11(15)16-12(2,3)4/h10H,5-9H2,1-4H3,(H,13,15). The maximum absolute atomic E-state index is 11.5. The fourth-order valence-corrected chi connectivity index (χ4v) is 1.87. The number of piperidine rings is 1. The van der Waals surface area contributed by atoms with Gasteiger partial charge in [-0.15, -0.1) is 0 Å². The molecule has 0 spiro atoms. The first-order chi connectivity index (χ1) is 7.40. The van der Waals surface area contributed by atoms with Crippen molar-refractivity contribution in [2.45, 2.75) is 52.2 Å². The molecule has 0 aromatic heterocycles. The lowest BCUT2D eigenvalue weighted by Gasteiger charge is -2.32. The van der Waals surface area contributed by atoms with E-state index in [-0.39, 0.29) is 12.1 Å². The van der Waals surface area contributed by atoms with Gasteiger partial charge >= 0.3 is 6.09 Å². The van der Waals surface area contributed by atoms with Crippen LogP contribution in [0.4, 0.5) is 4.79 Å². The lowest BCUT2D eigenvalue weighted by atomic mass is 10.1. The third kappa shape index (κ3) is 4.84. The molecule has 1 fully saturated rings. The molecule has 0 aromatic carbocycles. The Bertz CT molecular complexity index is 228. The molecule has 1 N–H and O–H groups in total. The number of carbonyl (C=O) groups is 1. The van der Waals surface area contributed by atoms with Crippen LogP contribution in [0.3, 0.4) is 0 Å². The van der Waals surface area contributed by atoms with Crippen molar-refractivity contribution in [3.05, 3.63) is 0 Å². The largest absolute Gasteiger partial charge is 0.444 e. The number of alkyl carbamates (subject to hydrolysis) is 1. The van der Waals surface area contributed by atoms with E-state index in [1.807, 2.05) is 20.8 Å². The third-order valence-corrected chi connectivity index (χ3v) is 2.76. The lowest BCUT2D eigenvalue weighted by Crippen LogP contribution is -2.45. The third-order valence-electron chi connectivity index (χ3n) is 2.76. The van der Waals surface area contributed by atoms with Crippen LogP contribution in [0.25, 0.3) is 0 Å². The van der Waals surface area contributed by atoms with Gasteiger partial charge in [0.15, 0.2) is 0 Å². The summed E-state index contributed by atoms with van der Waals surface area (Å²) in [5.74, 6) is 0. The van der Waals surface area contributed by atoms with E-state index >= 15 is 0 Å². The molecule has 0 bridgehead atoms. The van der Waals surface area contributed by atoms with Crippen molar-refractivity contribution in [3.8, 4) is 0 Å². The van der Waals surface area contributed by atoms with E-state index in [0.29, 0.717) is 0 Å². The second kappa shape index (κ2) is 5.53. The zero-order valence-corrected chi connectivity index (χ0v) is 10.9. The molecule has 94 valence electrons. The summed E-state index contributed by atoms with van der Waals surface area (Å²) in [4.78, 5) is 13.9. The summed E-state index contributed by atoms with van der Waals surface area (Å²) in [6.45, 7) is 11.0. The maximum atomic E-state index is 11.5. The van der Waals surface area contributed by atoms with E-state index in [4.69, 9.17) is 4.74 Å². The van der Waals surface area contributed by atoms with Crippen LogP contribution in [0.2, 0.25) is 0 Å². The fourth-order valence-electron chi connectivity index (χ4n) is 1.87. The smallest absolute Gasteiger partial charge is 0.407 e. The van der Waals surface area contributed by atoms with E-state index in [2.05, 4.69) is 17.1 Å². The first kappa shape index (κ1) is 13.3. The van der Waals surface area contributed by atoms with Crippen LogP contribution in [0, 0.1) is 0 Å². The molecule has 4 heteroatoms. The second-order valence-electron chi connectivity index (χ2n) is 5.35. The first-order valence-corrected chi connectivity index (χ1v) is 6.12. The van der Waals surface area contributed by atoms with Gasteiger partial charge in [0.05, 0.1) is 0 Å². The van der Waals surface area contributed by atoms with Crippen molar-refractivity contribution in [2.75, 3.05) is 19.6 Å². The minimum Gasteiger partial charge on any atom is -0.444 e. The molecular formula is C12H24N2O2. The van der Waals surface area contributed by atoms with Gasteiger partial charge in [-0.05, 0) is 40.2 Å². The number of nitrogens with zero attached hydrogens (tertiary/aromatic N) is 1. The zero-order chi connectivity index (χ0) is 12.2. The van der Waals surface area contributed by atoms with Crippen LogP contribution in [-0.4, -0.2) is 42.3 Å². The number of hydrogen-bond donors (Lipinski definition) is 1. The maximum Gasteiger partial charge on any atom is 0.407 e. The number of hydrogen-bond acceptors (Lipinski definition) is 3. The first-order valence-electron chi connectivity index (χ1n) is 6.12. The summed E-state index contributed by atoms with van der Waals surface area (Å²) in [5, 5.41) is 2.93. The van der Waals surface area contributed by atoms with Gasteiger partial charge in [-0.3, -0.25) is 0 Å². The van der Waals surface area contributed by atoms with Gasteiger partial charge in [-0.1, -0.05) is 6.92 Å². The van der Waals surface area contributed by atoms with Crippen LogP contribution in [0.15, 0.2) is 0 Å². The summed E-state index contributed by atoms with van der Waals surface area (Å²) in [6, 6.07) is 0.276. The fraction of sp³-hybridized carbons (Fsp3) is 0.917. The molecule has 1 amide bonds. The van der Waals surface area contributed by atoms with Crippen LogP contribution in [-0.2, 0) is 4.74 Å². The lowest BCUT2D eigenvalue weighted by molar-refractivity contribution is 0.0480. The Labute approximate surface area is 98.3 Å². The normalized spacial score (nSPS) is 19.5. The van der Waals surface area contributed by atoms with Crippen molar-refractivity contribution in [2.24, 2.45) is 0 Å². The highest BCUT2D eigenvalue weighted by Crippen LogP contribution is 2.11. The summed E-state index contributed by atoms with van der Waals surface area (Å²) in [7, 11) is 0. The Kier molecular flexibility index (Phi) is 4.59. The molecule has 0 unspecified atom stereocenters. The van der Waals surface area contributed by atoms with Gasteiger partial charge in [-0.2, -0.15) is 0 Å². The molecule has 1 aliphatic heterocycles. The molecule has 0 aliphatic carbocycles. The number of ether oxygens (including phenoxy) is 1. The summed E-state index contributed by atoms with van der Waals surface area (Å²) < 4.78 is 5.23. The Morgan fingerprint density at radius 1 is 1.38 bits per heavy atom. The number of amides is 1. The summed E-state index contributed by atoms with van der Waals surface area (Å²) in [6.07, 6.45) is 1.75. The predicted molar refractivity (Wildman–Crippen MR) is 64.5 cm³/mol. The van der Waals surface area contributed by atoms with Gasteiger partial charge in [0.2, 0.25) is 0 Å². The minimum atomic E-state index is -0.409. The van der Waals surface area contributed by atoms with Gasteiger partial charge in [-0.25, -0.2) is 4.79 Å². The topological polar surface area (TPSA) is 41.6 Å². The highest BCUT2D eigenvalue weighted by Gasteiger charge is 2.22. The summed E-state index contributed by atoms with van der Waals surface area (Å²) in [5.41, 5.74) is -0.409. The van der Waals surface area contributed by atoms with Crippen molar-refractivity contribution < 1.29 is 9.53 Å². The van der Waals surface area contributed by atoms with Gasteiger partial charge in [0.25, 0.3) is 0 Å². The number of carbonyl (C=O) groups excluding carboxylic acids is 1. The molecule has 0 saturated carbocycles. The SMILES string of the molecule is CCN1CCC(NC(=O)OC(C)(C)C)CC1. The van der Waals surface area contributed by atoms with Gasteiger partial charge in [0, 0.05) is 19.1 Å².